The Bertz CT molecular complexity index is 653. The molecule has 0 fully saturated rings. The fourth-order valence-electron chi connectivity index (χ4n) is 1.66. The van der Waals surface area contributed by atoms with Crippen LogP contribution in [0.5, 0.6) is 5.75 Å². The van der Waals surface area contributed by atoms with E-state index in [0.29, 0.717) is 18.0 Å². The van der Waals surface area contributed by atoms with E-state index in [2.05, 4.69) is 15.6 Å². The molecule has 0 unspecified atom stereocenters. The molecular weight excluding hydrogens is 276 g/mol. The maximum absolute atomic E-state index is 12.0. The number of nitrogens with zero attached hydrogens (tertiary/aromatic N) is 3. The van der Waals surface area contributed by atoms with Gasteiger partial charge in [-0.25, -0.2) is 4.68 Å². The molecule has 2 rings (SSSR count). The van der Waals surface area contributed by atoms with Gasteiger partial charge in [0.15, 0.2) is 5.69 Å². The maximum atomic E-state index is 12.0. The maximum Gasteiger partial charge on any atom is 0.325 e. The van der Waals surface area contributed by atoms with Gasteiger partial charge in [-0.15, -0.1) is 5.10 Å². The van der Waals surface area contributed by atoms with Crippen molar-refractivity contribution in [3.63, 3.8) is 0 Å². The molecule has 0 aliphatic carbocycles. The van der Waals surface area contributed by atoms with Gasteiger partial charge in [0.2, 0.25) is 0 Å². The third kappa shape index (κ3) is 3.78. The molecule has 0 spiro atoms. The van der Waals surface area contributed by atoms with E-state index in [9.17, 15) is 9.59 Å². The number of hydrogen-bond donors (Lipinski definition) is 2. The van der Waals surface area contributed by atoms with Crippen molar-refractivity contribution in [1.29, 1.82) is 0 Å². The number of carbonyl (C=O) groups is 2. The van der Waals surface area contributed by atoms with Gasteiger partial charge in [0.1, 0.15) is 12.3 Å². The minimum Gasteiger partial charge on any atom is -0.492 e. The van der Waals surface area contributed by atoms with Crippen molar-refractivity contribution in [3.8, 4) is 5.75 Å². The highest BCUT2D eigenvalue weighted by atomic mass is 16.5. The Kier molecular flexibility index (Phi) is 4.50. The fraction of sp³-hybridized carbons (Fsp3) is 0.231. The number of carbonyl (C=O) groups excluding carboxylic acids is 1. The number of amides is 1. The lowest BCUT2D eigenvalue weighted by Gasteiger charge is -2.09. The van der Waals surface area contributed by atoms with Crippen LogP contribution in [0.3, 0.4) is 0 Å². The zero-order valence-electron chi connectivity index (χ0n) is 11.3. The van der Waals surface area contributed by atoms with Gasteiger partial charge in [0, 0.05) is 0 Å². The van der Waals surface area contributed by atoms with Gasteiger partial charge < -0.3 is 15.2 Å². The summed E-state index contributed by atoms with van der Waals surface area (Å²) < 4.78 is 6.47. The van der Waals surface area contributed by atoms with E-state index in [4.69, 9.17) is 9.84 Å². The molecule has 0 radical (unpaired) electrons. The fourth-order valence-corrected chi connectivity index (χ4v) is 1.66. The second-order valence-corrected chi connectivity index (χ2v) is 4.08. The Morgan fingerprint density at radius 1 is 1.38 bits per heavy atom. The second-order valence-electron chi connectivity index (χ2n) is 4.08. The van der Waals surface area contributed by atoms with Crippen LogP contribution < -0.4 is 10.1 Å². The molecule has 1 aromatic carbocycles. The number of ether oxygens (including phenoxy) is 1. The Morgan fingerprint density at radius 3 is 2.86 bits per heavy atom. The predicted octanol–water partition coefficient (Wildman–Crippen LogP) is 1.01. The molecular formula is C13H14N4O4. The van der Waals surface area contributed by atoms with Gasteiger partial charge in [0.05, 0.1) is 18.5 Å². The molecule has 0 aliphatic rings. The van der Waals surface area contributed by atoms with Gasteiger partial charge in [-0.2, -0.15) is 0 Å². The Morgan fingerprint density at radius 2 is 2.14 bits per heavy atom. The molecule has 1 aromatic heterocycles. The van der Waals surface area contributed by atoms with Crippen LogP contribution in [0, 0.1) is 0 Å². The average Bonchev–Trinajstić information content (AvgIpc) is 2.89. The minimum absolute atomic E-state index is 0.0301. The van der Waals surface area contributed by atoms with Crippen molar-refractivity contribution in [3.05, 3.63) is 36.2 Å². The predicted molar refractivity (Wildman–Crippen MR) is 73.2 cm³/mol. The van der Waals surface area contributed by atoms with E-state index >= 15 is 0 Å². The molecule has 2 N–H and O–H groups in total. The Labute approximate surface area is 120 Å². The standard InChI is InChI=1S/C13H14N4O4/c1-2-21-11-6-4-3-5-9(11)14-13(20)10-7-17(16-15-10)8-12(18)19/h3-7H,2,8H2,1H3,(H,14,20)(H,18,19). The number of hydrogen-bond acceptors (Lipinski definition) is 5. The molecule has 0 saturated heterocycles. The largest absolute Gasteiger partial charge is 0.492 e. The second kappa shape index (κ2) is 6.51. The SMILES string of the molecule is CCOc1ccccc1NC(=O)c1cn(CC(=O)O)nn1. The summed E-state index contributed by atoms with van der Waals surface area (Å²) in [7, 11) is 0. The van der Waals surface area contributed by atoms with E-state index in [1.165, 1.54) is 6.20 Å². The van der Waals surface area contributed by atoms with Crippen molar-refractivity contribution >= 4 is 17.6 Å². The number of anilines is 1. The van der Waals surface area contributed by atoms with Crippen LogP contribution in [-0.4, -0.2) is 38.6 Å². The van der Waals surface area contributed by atoms with E-state index in [0.717, 1.165) is 4.68 Å². The zero-order valence-corrected chi connectivity index (χ0v) is 11.3. The van der Waals surface area contributed by atoms with Crippen LogP contribution in [0.25, 0.3) is 0 Å². The highest BCUT2D eigenvalue weighted by Crippen LogP contribution is 2.23. The van der Waals surface area contributed by atoms with Gasteiger partial charge in [-0.1, -0.05) is 17.3 Å². The topological polar surface area (TPSA) is 106 Å². The van der Waals surface area contributed by atoms with E-state index < -0.39 is 11.9 Å². The van der Waals surface area contributed by atoms with Gasteiger partial charge in [-0.3, -0.25) is 9.59 Å². The van der Waals surface area contributed by atoms with E-state index in [-0.39, 0.29) is 12.2 Å². The highest BCUT2D eigenvalue weighted by molar-refractivity contribution is 6.03. The molecule has 8 nitrogen and oxygen atoms in total. The van der Waals surface area contributed by atoms with Crippen LogP contribution in [0.15, 0.2) is 30.5 Å². The van der Waals surface area contributed by atoms with Crippen molar-refractivity contribution in [2.24, 2.45) is 0 Å². The van der Waals surface area contributed by atoms with E-state index in [1.54, 1.807) is 24.3 Å². The Hall–Kier alpha value is -2.90. The van der Waals surface area contributed by atoms with Crippen LogP contribution in [0.4, 0.5) is 5.69 Å². The summed E-state index contributed by atoms with van der Waals surface area (Å²) in [6.45, 7) is 1.97. The van der Waals surface area contributed by atoms with Gasteiger partial charge >= 0.3 is 5.97 Å². The lowest BCUT2D eigenvalue weighted by atomic mass is 10.3. The first-order chi connectivity index (χ1) is 10.1. The molecule has 8 heteroatoms. The molecule has 0 bridgehead atoms. The molecule has 0 saturated carbocycles. The molecule has 1 heterocycles. The summed E-state index contributed by atoms with van der Waals surface area (Å²) in [5.74, 6) is -1.00. The smallest absolute Gasteiger partial charge is 0.325 e. The summed E-state index contributed by atoms with van der Waals surface area (Å²) in [4.78, 5) is 22.6. The third-order valence-corrected chi connectivity index (χ3v) is 2.50. The van der Waals surface area contributed by atoms with Crippen LogP contribution in [-0.2, 0) is 11.3 Å². The molecule has 0 atom stereocenters. The lowest BCUT2D eigenvalue weighted by molar-refractivity contribution is -0.137. The third-order valence-electron chi connectivity index (χ3n) is 2.50. The molecule has 21 heavy (non-hydrogen) atoms. The molecule has 1 amide bonds. The van der Waals surface area contributed by atoms with Crippen LogP contribution in [0.2, 0.25) is 0 Å². The van der Waals surface area contributed by atoms with E-state index in [1.807, 2.05) is 6.92 Å². The average molecular weight is 290 g/mol. The molecule has 110 valence electrons. The summed E-state index contributed by atoms with van der Waals surface area (Å²) in [5.41, 5.74) is 0.541. The number of carboxylic acids is 1. The van der Waals surface area contributed by atoms with Crippen LogP contribution in [0.1, 0.15) is 17.4 Å². The Balaban J connectivity index is 2.11. The lowest BCUT2D eigenvalue weighted by Crippen LogP contribution is -2.13. The van der Waals surface area contributed by atoms with Gasteiger partial charge in [0.25, 0.3) is 5.91 Å². The number of rotatable bonds is 6. The van der Waals surface area contributed by atoms with Crippen molar-refractivity contribution < 1.29 is 19.4 Å². The normalized spacial score (nSPS) is 10.1. The van der Waals surface area contributed by atoms with Crippen molar-refractivity contribution in [2.75, 3.05) is 11.9 Å². The van der Waals surface area contributed by atoms with Crippen molar-refractivity contribution in [2.45, 2.75) is 13.5 Å². The van der Waals surface area contributed by atoms with Crippen LogP contribution >= 0.6 is 0 Å². The minimum atomic E-state index is -1.06. The van der Waals surface area contributed by atoms with Gasteiger partial charge in [-0.05, 0) is 19.1 Å². The quantitative estimate of drug-likeness (QED) is 0.822. The van der Waals surface area contributed by atoms with Crippen molar-refractivity contribution in [1.82, 2.24) is 15.0 Å². The first-order valence-corrected chi connectivity index (χ1v) is 6.25. The monoisotopic (exact) mass is 290 g/mol. The number of aromatic nitrogens is 3. The summed E-state index contributed by atoms with van der Waals surface area (Å²) >= 11 is 0. The number of carboxylic acid groups (broad SMARTS) is 1. The number of aliphatic carboxylic acids is 1. The first kappa shape index (κ1) is 14.5. The number of para-hydroxylation sites is 2. The number of nitrogens with one attached hydrogen (secondary N) is 1. The molecule has 2 aromatic rings. The zero-order chi connectivity index (χ0) is 15.2. The summed E-state index contributed by atoms with van der Waals surface area (Å²) in [6.07, 6.45) is 1.27. The first-order valence-electron chi connectivity index (χ1n) is 6.25. The summed E-state index contributed by atoms with van der Waals surface area (Å²) in [6, 6.07) is 6.99. The molecule has 0 aliphatic heterocycles. The highest BCUT2D eigenvalue weighted by Gasteiger charge is 2.14. The summed E-state index contributed by atoms with van der Waals surface area (Å²) in [5, 5.41) is 18.5. The number of benzene rings is 1.